The Morgan fingerprint density at radius 1 is 0.875 bits per heavy atom. The van der Waals surface area contributed by atoms with Crippen molar-refractivity contribution in [3.05, 3.63) is 14.9 Å². The largest absolute Gasteiger partial charge is 0.468 e. The maximum absolute atomic E-state index is 12.8. The Morgan fingerprint density at radius 2 is 1.25 bits per heavy atom. The van der Waals surface area contributed by atoms with E-state index in [1.165, 1.54) is 0 Å². The van der Waals surface area contributed by atoms with Gasteiger partial charge in [0, 0.05) is 4.47 Å². The van der Waals surface area contributed by atoms with Crippen LogP contribution in [0, 0.1) is 11.8 Å². The highest BCUT2D eigenvalue weighted by molar-refractivity contribution is 9.10. The summed E-state index contributed by atoms with van der Waals surface area (Å²) in [6.07, 6.45) is -23.2. The van der Waals surface area contributed by atoms with E-state index >= 15 is 0 Å². The number of nitrogens with one attached hydrogen (secondary N) is 1. The molecule has 0 aliphatic heterocycles. The third-order valence-electron chi connectivity index (χ3n) is 4.20. The number of methoxy groups -OCH3 is 2. The number of halogens is 14. The van der Waals surface area contributed by atoms with Crippen LogP contribution in [0.4, 0.5) is 52.7 Å². The van der Waals surface area contributed by atoms with Gasteiger partial charge in [0.05, 0.1) is 14.2 Å². The maximum atomic E-state index is 12.8. The third-order valence-corrected chi connectivity index (χ3v) is 8.59. The van der Waals surface area contributed by atoms with E-state index in [4.69, 9.17) is 11.6 Å². The van der Waals surface area contributed by atoms with E-state index in [2.05, 4.69) is 31.1 Å². The first-order valence-electron chi connectivity index (χ1n) is 9.28. The Kier molecular flexibility index (Phi) is 13.1. The second kappa shape index (κ2) is 13.6. The molecule has 0 bridgehead atoms. The van der Waals surface area contributed by atoms with Crippen molar-refractivity contribution in [2.24, 2.45) is 17.6 Å². The lowest BCUT2D eigenvalue weighted by molar-refractivity contribution is -0.290. The molecule has 0 saturated heterocycles. The van der Waals surface area contributed by atoms with E-state index in [-0.39, 0.29) is 8.81 Å². The molecule has 1 heterocycles. The molecular weight excluding hydrogens is 724 g/mol. The van der Waals surface area contributed by atoms with Crippen LogP contribution in [-0.2, 0) is 29.1 Å². The molecule has 0 aromatic carbocycles. The normalized spacial score (nSPS) is 14.9. The van der Waals surface area contributed by atoms with Crippen LogP contribution < -0.4 is 10.5 Å². The third kappa shape index (κ3) is 10.7. The van der Waals surface area contributed by atoms with Crippen LogP contribution in [0.1, 0.15) is 0 Å². The van der Waals surface area contributed by atoms with Gasteiger partial charge in [-0.25, -0.2) is 8.42 Å². The fraction of sp³-hybridized carbons (Fsp3) is 0.625. The number of nitrogens with two attached hydrogens (primary N) is 1. The minimum Gasteiger partial charge on any atom is -0.468 e. The summed E-state index contributed by atoms with van der Waals surface area (Å²) in [7, 11) is -3.76. The summed E-state index contributed by atoms with van der Waals surface area (Å²) in [5, 5.41) is 0. The number of carbonyl (C=O) groups is 2. The highest BCUT2D eigenvalue weighted by Crippen LogP contribution is 2.43. The van der Waals surface area contributed by atoms with E-state index in [9.17, 15) is 70.7 Å². The lowest BCUT2D eigenvalue weighted by Gasteiger charge is -2.29. The summed E-state index contributed by atoms with van der Waals surface area (Å²) in [5.74, 6) is -12.0. The molecule has 3 N–H and O–H groups in total. The number of hydrogen-bond acceptors (Lipinski definition) is 8. The monoisotopic (exact) mass is 736 g/mol. The van der Waals surface area contributed by atoms with Gasteiger partial charge in [0.1, 0.15) is 20.6 Å². The molecule has 1 rings (SSSR count). The molecule has 0 aliphatic carbocycles. The molecular formula is C16H14BrClF12N2O6S2. The molecule has 1 unspecified atom stereocenters. The lowest BCUT2D eigenvalue weighted by Crippen LogP contribution is -2.56. The topological polar surface area (TPSA) is 125 Å². The molecule has 0 spiro atoms. The summed E-state index contributed by atoms with van der Waals surface area (Å²) in [6.45, 7) is 0. The zero-order valence-electron chi connectivity index (χ0n) is 19.0. The molecule has 40 heavy (non-hydrogen) atoms. The summed E-state index contributed by atoms with van der Waals surface area (Å²) >= 11 is 8.80. The number of carbonyl (C=O) groups excluding carboxylic acids is 2. The highest BCUT2D eigenvalue weighted by atomic mass is 79.9. The van der Waals surface area contributed by atoms with Crippen molar-refractivity contribution in [2.75, 3.05) is 14.2 Å². The van der Waals surface area contributed by atoms with Crippen LogP contribution in [0.5, 0.6) is 0 Å². The molecule has 24 heteroatoms. The molecule has 0 aliphatic rings. The van der Waals surface area contributed by atoms with E-state index in [0.29, 0.717) is 25.6 Å². The Labute approximate surface area is 233 Å². The molecule has 2 atom stereocenters. The minimum atomic E-state index is -5.96. The predicted molar refractivity (Wildman–Crippen MR) is 114 cm³/mol. The van der Waals surface area contributed by atoms with Gasteiger partial charge in [-0.15, -0.1) is 11.3 Å². The number of sulfonamides is 1. The minimum absolute atomic E-state index is 0.0531. The van der Waals surface area contributed by atoms with Crippen molar-refractivity contribution in [1.29, 1.82) is 0 Å². The summed E-state index contributed by atoms with van der Waals surface area (Å²) < 4.78 is 181. The summed E-state index contributed by atoms with van der Waals surface area (Å²) in [4.78, 5) is 21.9. The summed E-state index contributed by atoms with van der Waals surface area (Å²) in [5.41, 5.74) is 4.53. The second-order valence-electron chi connectivity index (χ2n) is 6.98. The first kappa shape index (κ1) is 38.4. The smallest absolute Gasteiger partial charge is 0.402 e. The van der Waals surface area contributed by atoms with Crippen LogP contribution in [-0.4, -0.2) is 71.4 Å². The number of rotatable bonds is 7. The van der Waals surface area contributed by atoms with Gasteiger partial charge in [-0.2, -0.15) is 57.4 Å². The number of esters is 2. The van der Waals surface area contributed by atoms with E-state index in [0.717, 1.165) is 10.8 Å². The Balaban J connectivity index is 0.000000868. The molecule has 0 saturated carbocycles. The fourth-order valence-corrected chi connectivity index (χ4v) is 6.01. The lowest BCUT2D eigenvalue weighted by atomic mass is 9.99. The van der Waals surface area contributed by atoms with Crippen molar-refractivity contribution in [3.8, 4) is 0 Å². The predicted octanol–water partition coefficient (Wildman–Crippen LogP) is 4.95. The first-order chi connectivity index (χ1) is 17.6. The standard InChI is InChI=1S/C10H7BrClF6NO4S2.C6H7F6NO2/c1-23-8(20)5(6(9(13,14)15)10(16,17)18)19-25(21,22)4-2-3(11)7(12)24-4;1-15-4(14)2(13)3(5(7,8)9)6(10,11)12/h2,5-6,19H,1H3;2-3H,13H2,1H3/t;2-/m.0/s1. The van der Waals surface area contributed by atoms with Gasteiger partial charge in [-0.1, -0.05) is 11.6 Å². The molecule has 1 aromatic heterocycles. The molecule has 8 nitrogen and oxygen atoms in total. The molecule has 1 aromatic rings. The van der Waals surface area contributed by atoms with Crippen molar-refractivity contribution >= 4 is 60.8 Å². The van der Waals surface area contributed by atoms with Gasteiger partial charge >= 0.3 is 36.6 Å². The Morgan fingerprint density at radius 3 is 1.52 bits per heavy atom. The molecule has 0 radical (unpaired) electrons. The number of ether oxygens (including phenoxy) is 2. The van der Waals surface area contributed by atoms with Crippen molar-refractivity contribution < 1.29 is 80.2 Å². The van der Waals surface area contributed by atoms with E-state index in [1.54, 1.807) is 0 Å². The van der Waals surface area contributed by atoms with E-state index in [1.807, 2.05) is 0 Å². The van der Waals surface area contributed by atoms with Crippen LogP contribution in [0.15, 0.2) is 14.7 Å². The van der Waals surface area contributed by atoms with Gasteiger partial charge in [-0.05, 0) is 22.0 Å². The zero-order valence-corrected chi connectivity index (χ0v) is 23.0. The van der Waals surface area contributed by atoms with Crippen LogP contribution in [0.25, 0.3) is 0 Å². The van der Waals surface area contributed by atoms with Gasteiger partial charge in [0.25, 0.3) is 10.0 Å². The van der Waals surface area contributed by atoms with Crippen LogP contribution >= 0.6 is 38.9 Å². The maximum Gasteiger partial charge on any atom is 0.402 e. The van der Waals surface area contributed by atoms with Gasteiger partial charge < -0.3 is 15.2 Å². The average Bonchev–Trinajstić information content (AvgIpc) is 3.07. The number of alkyl halides is 12. The number of thiophene rings is 1. The first-order valence-corrected chi connectivity index (χ1v) is 12.7. The van der Waals surface area contributed by atoms with Crippen molar-refractivity contribution in [1.82, 2.24) is 4.72 Å². The van der Waals surface area contributed by atoms with Crippen LogP contribution in [0.2, 0.25) is 4.34 Å². The van der Waals surface area contributed by atoms with E-state index < -0.39 is 74.8 Å². The van der Waals surface area contributed by atoms with Crippen LogP contribution in [0.3, 0.4) is 0 Å². The Bertz CT molecular complexity index is 1090. The SMILES string of the molecule is COC(=O)C(NS(=O)(=O)c1cc(Br)c(Cl)s1)C(C(F)(F)F)C(F)(F)F.COC(=O)[C@@H](N)C(C(F)(F)F)C(F)(F)F. The van der Waals surface area contributed by atoms with Crippen molar-refractivity contribution in [3.63, 3.8) is 0 Å². The van der Waals surface area contributed by atoms with Crippen molar-refractivity contribution in [2.45, 2.75) is 41.0 Å². The average molecular weight is 738 g/mol. The highest BCUT2D eigenvalue weighted by Gasteiger charge is 2.63. The van der Waals surface area contributed by atoms with Gasteiger partial charge in [0.15, 0.2) is 11.8 Å². The quantitative estimate of drug-likeness (QED) is 0.300. The molecule has 0 fully saturated rings. The van der Waals surface area contributed by atoms with Gasteiger partial charge in [-0.3, -0.25) is 9.59 Å². The molecule has 0 amide bonds. The molecule has 234 valence electrons. The fourth-order valence-electron chi connectivity index (χ4n) is 2.49. The van der Waals surface area contributed by atoms with Gasteiger partial charge in [0.2, 0.25) is 0 Å². The summed E-state index contributed by atoms with van der Waals surface area (Å²) in [6, 6.07) is -5.22. The number of hydrogen-bond donors (Lipinski definition) is 2. The zero-order chi connectivity index (χ0) is 32.2. The Hall–Kier alpha value is -1.56. The second-order valence-corrected chi connectivity index (χ2v) is 11.4.